The second kappa shape index (κ2) is 4.66. The Labute approximate surface area is 127 Å². The minimum Gasteiger partial charge on any atom is -0.330 e. The molecule has 4 heterocycles. The summed E-state index contributed by atoms with van der Waals surface area (Å²) in [5.41, 5.74) is 0. The molecule has 2 bridgehead atoms. The number of thiophene rings is 1. The summed E-state index contributed by atoms with van der Waals surface area (Å²) in [7, 11) is 0. The first-order chi connectivity index (χ1) is 10.1. The van der Waals surface area contributed by atoms with Gasteiger partial charge in [-0.3, -0.25) is 4.79 Å². The van der Waals surface area contributed by atoms with Gasteiger partial charge in [0.15, 0.2) is 0 Å². The Hall–Kier alpha value is -1.69. The number of carbonyl (C=O) groups excluding carboxylic acids is 1. The van der Waals surface area contributed by atoms with Gasteiger partial charge in [0, 0.05) is 23.9 Å². The van der Waals surface area contributed by atoms with Crippen LogP contribution in [-0.4, -0.2) is 37.7 Å². The Bertz CT molecular complexity index is 704. The third-order valence-electron chi connectivity index (χ3n) is 4.63. The molecule has 1 amide bonds. The van der Waals surface area contributed by atoms with E-state index >= 15 is 0 Å². The van der Waals surface area contributed by atoms with Gasteiger partial charge >= 0.3 is 0 Å². The summed E-state index contributed by atoms with van der Waals surface area (Å²) >= 11 is 1.59. The van der Waals surface area contributed by atoms with Crippen molar-refractivity contribution in [1.29, 1.82) is 0 Å². The van der Waals surface area contributed by atoms with Crippen LogP contribution in [0.15, 0.2) is 12.1 Å². The van der Waals surface area contributed by atoms with Gasteiger partial charge in [-0.1, -0.05) is 0 Å². The highest BCUT2D eigenvalue weighted by atomic mass is 32.1. The third kappa shape index (κ3) is 2.00. The van der Waals surface area contributed by atoms with E-state index in [9.17, 15) is 4.79 Å². The van der Waals surface area contributed by atoms with Gasteiger partial charge in [-0.2, -0.15) is 0 Å². The van der Waals surface area contributed by atoms with Crippen LogP contribution in [0.3, 0.4) is 0 Å². The van der Waals surface area contributed by atoms with Crippen LogP contribution in [0.2, 0.25) is 0 Å². The Morgan fingerprint density at radius 2 is 2.05 bits per heavy atom. The molecule has 2 atom stereocenters. The maximum Gasteiger partial charge on any atom is 0.264 e. The van der Waals surface area contributed by atoms with Gasteiger partial charge in [-0.15, -0.1) is 21.5 Å². The molecule has 2 aliphatic rings. The molecule has 2 aliphatic heterocycles. The molecule has 1 saturated heterocycles. The van der Waals surface area contributed by atoms with Crippen LogP contribution in [0.5, 0.6) is 0 Å². The lowest BCUT2D eigenvalue weighted by Crippen LogP contribution is -2.41. The number of hydrogen-bond donors (Lipinski definition) is 0. The number of amides is 1. The van der Waals surface area contributed by atoms with Gasteiger partial charge in [0.1, 0.15) is 11.6 Å². The van der Waals surface area contributed by atoms with Crippen molar-refractivity contribution in [2.45, 2.75) is 51.7 Å². The van der Waals surface area contributed by atoms with Crippen LogP contribution in [0.4, 0.5) is 0 Å². The number of rotatable bonds is 1. The highest BCUT2D eigenvalue weighted by Crippen LogP contribution is 2.33. The zero-order valence-corrected chi connectivity index (χ0v) is 13.1. The maximum atomic E-state index is 12.9. The van der Waals surface area contributed by atoms with Crippen LogP contribution in [0.25, 0.3) is 0 Å². The van der Waals surface area contributed by atoms with Crippen molar-refractivity contribution < 1.29 is 4.79 Å². The maximum absolute atomic E-state index is 12.9. The monoisotopic (exact) mass is 302 g/mol. The largest absolute Gasteiger partial charge is 0.330 e. The topological polar surface area (TPSA) is 51.0 Å². The third-order valence-corrected chi connectivity index (χ3v) is 5.62. The van der Waals surface area contributed by atoms with Crippen molar-refractivity contribution >= 4 is 17.2 Å². The minimum atomic E-state index is 0.192. The standard InChI is InChI=1S/C15H18N4OS/c1-9-3-6-13(21-9)15(20)19-11-4-5-12(19)8-18-10(2)16-17-14(18)7-11/h3,6,11-12H,4-5,7-8H2,1-2H3/t11-,12+/m0/s1. The Balaban J connectivity index is 1.67. The van der Waals surface area contributed by atoms with E-state index in [2.05, 4.69) is 19.7 Å². The van der Waals surface area contributed by atoms with Crippen LogP contribution in [0.1, 0.15) is 39.0 Å². The molecule has 0 unspecified atom stereocenters. The van der Waals surface area contributed by atoms with E-state index in [4.69, 9.17) is 0 Å². The lowest BCUT2D eigenvalue weighted by molar-refractivity contribution is 0.0670. The quantitative estimate of drug-likeness (QED) is 0.811. The lowest BCUT2D eigenvalue weighted by Gasteiger charge is -2.27. The number of nitrogens with zero attached hydrogens (tertiary/aromatic N) is 4. The average Bonchev–Trinajstić information content (AvgIpc) is 3.09. The Morgan fingerprint density at radius 3 is 2.81 bits per heavy atom. The summed E-state index contributed by atoms with van der Waals surface area (Å²) in [4.78, 5) is 17.0. The van der Waals surface area contributed by atoms with Crippen molar-refractivity contribution in [2.24, 2.45) is 0 Å². The summed E-state index contributed by atoms with van der Waals surface area (Å²) in [5.74, 6) is 2.17. The Morgan fingerprint density at radius 1 is 1.24 bits per heavy atom. The van der Waals surface area contributed by atoms with E-state index in [0.717, 1.165) is 42.3 Å². The summed E-state index contributed by atoms with van der Waals surface area (Å²) in [6, 6.07) is 4.53. The van der Waals surface area contributed by atoms with Crippen molar-refractivity contribution in [3.8, 4) is 0 Å². The molecule has 2 aromatic heterocycles. The molecule has 0 spiro atoms. The number of aromatic nitrogens is 3. The summed E-state index contributed by atoms with van der Waals surface area (Å²) in [6.45, 7) is 4.87. The van der Waals surface area contributed by atoms with Gasteiger partial charge in [0.2, 0.25) is 0 Å². The molecular formula is C15H18N4OS. The summed E-state index contributed by atoms with van der Waals surface area (Å²) < 4.78 is 2.18. The molecule has 1 fully saturated rings. The summed E-state index contributed by atoms with van der Waals surface area (Å²) in [6.07, 6.45) is 2.98. The molecule has 2 aromatic rings. The van der Waals surface area contributed by atoms with Crippen molar-refractivity contribution in [2.75, 3.05) is 0 Å². The number of carbonyl (C=O) groups is 1. The zero-order chi connectivity index (χ0) is 14.6. The van der Waals surface area contributed by atoms with Gasteiger partial charge in [-0.25, -0.2) is 0 Å². The molecule has 4 rings (SSSR count). The van der Waals surface area contributed by atoms with E-state index in [0.29, 0.717) is 0 Å². The molecule has 0 radical (unpaired) electrons. The van der Waals surface area contributed by atoms with Gasteiger partial charge < -0.3 is 9.47 Å². The predicted octanol–water partition coefficient (Wildman–Crippen LogP) is 2.19. The van der Waals surface area contributed by atoms with Crippen molar-refractivity contribution in [3.05, 3.63) is 33.5 Å². The zero-order valence-electron chi connectivity index (χ0n) is 12.2. The number of fused-ring (bicyclic) bond motifs is 3. The molecule has 0 saturated carbocycles. The summed E-state index contributed by atoms with van der Waals surface area (Å²) in [5, 5.41) is 8.46. The molecule has 0 N–H and O–H groups in total. The molecular weight excluding hydrogens is 284 g/mol. The molecule has 110 valence electrons. The number of aryl methyl sites for hydroxylation is 2. The molecule has 0 aliphatic carbocycles. The second-order valence-electron chi connectivity index (χ2n) is 5.99. The van der Waals surface area contributed by atoms with E-state index < -0.39 is 0 Å². The van der Waals surface area contributed by atoms with Crippen molar-refractivity contribution in [1.82, 2.24) is 19.7 Å². The lowest BCUT2D eigenvalue weighted by atomic mass is 10.1. The Kier molecular flexibility index (Phi) is 2.89. The number of hydrogen-bond acceptors (Lipinski definition) is 4. The first-order valence-corrected chi connectivity index (χ1v) is 8.23. The first kappa shape index (κ1) is 13.0. The highest BCUT2D eigenvalue weighted by Gasteiger charge is 2.41. The second-order valence-corrected chi connectivity index (χ2v) is 7.27. The fourth-order valence-corrected chi connectivity index (χ4v) is 4.40. The average molecular weight is 302 g/mol. The minimum absolute atomic E-state index is 0.192. The predicted molar refractivity (Wildman–Crippen MR) is 80.5 cm³/mol. The van der Waals surface area contributed by atoms with Gasteiger partial charge in [0.25, 0.3) is 5.91 Å². The smallest absolute Gasteiger partial charge is 0.264 e. The molecule has 0 aromatic carbocycles. The van der Waals surface area contributed by atoms with Crippen LogP contribution in [0, 0.1) is 13.8 Å². The fourth-order valence-electron chi connectivity index (χ4n) is 3.58. The van der Waals surface area contributed by atoms with E-state index in [-0.39, 0.29) is 18.0 Å². The van der Waals surface area contributed by atoms with Gasteiger partial charge in [-0.05, 0) is 38.8 Å². The normalized spacial score (nSPS) is 24.0. The van der Waals surface area contributed by atoms with Crippen LogP contribution >= 0.6 is 11.3 Å². The van der Waals surface area contributed by atoms with Crippen LogP contribution < -0.4 is 0 Å². The van der Waals surface area contributed by atoms with Crippen LogP contribution in [-0.2, 0) is 13.0 Å². The first-order valence-electron chi connectivity index (χ1n) is 7.41. The SMILES string of the molecule is Cc1ccc(C(=O)N2[C@@H]3CC[C@H]2Cc2nnc(C)n2C3)s1. The molecule has 5 nitrogen and oxygen atoms in total. The van der Waals surface area contributed by atoms with E-state index in [1.807, 2.05) is 26.0 Å². The fraction of sp³-hybridized carbons (Fsp3) is 0.533. The van der Waals surface area contributed by atoms with Gasteiger partial charge in [0.05, 0.1) is 10.9 Å². The molecule has 6 heteroatoms. The van der Waals surface area contributed by atoms with E-state index in [1.165, 1.54) is 4.88 Å². The van der Waals surface area contributed by atoms with E-state index in [1.54, 1.807) is 11.3 Å². The van der Waals surface area contributed by atoms with Crippen molar-refractivity contribution in [3.63, 3.8) is 0 Å². The molecule has 21 heavy (non-hydrogen) atoms. The highest BCUT2D eigenvalue weighted by molar-refractivity contribution is 7.13.